The lowest BCUT2D eigenvalue weighted by Crippen LogP contribution is -2.45. The summed E-state index contributed by atoms with van der Waals surface area (Å²) in [5, 5.41) is 6.03. The molecular weight excluding hydrogens is 364 g/mol. The van der Waals surface area contributed by atoms with Crippen LogP contribution >= 0.6 is 11.3 Å². The van der Waals surface area contributed by atoms with Crippen molar-refractivity contribution < 1.29 is 0 Å². The minimum atomic E-state index is 0.256. The highest BCUT2D eigenvalue weighted by Crippen LogP contribution is 2.32. The Bertz CT molecular complexity index is 911. The zero-order chi connectivity index (χ0) is 19.6. The second-order valence-corrected chi connectivity index (χ2v) is 9.64. The van der Waals surface area contributed by atoms with Crippen molar-refractivity contribution in [3.05, 3.63) is 53.2 Å². The van der Waals surface area contributed by atoms with E-state index in [0.29, 0.717) is 6.04 Å². The average Bonchev–Trinajstić information content (AvgIpc) is 3.09. The van der Waals surface area contributed by atoms with E-state index in [1.807, 2.05) is 0 Å². The molecule has 0 radical (unpaired) electrons. The van der Waals surface area contributed by atoms with Crippen molar-refractivity contribution in [1.29, 1.82) is 0 Å². The molecule has 1 aliphatic rings. The van der Waals surface area contributed by atoms with Crippen molar-refractivity contribution in [2.24, 2.45) is 5.41 Å². The van der Waals surface area contributed by atoms with Gasteiger partial charge in [-0.2, -0.15) is 0 Å². The van der Waals surface area contributed by atoms with Gasteiger partial charge in [0.05, 0.1) is 10.2 Å². The van der Waals surface area contributed by atoms with Crippen LogP contribution in [-0.2, 0) is 6.42 Å². The molecule has 0 aliphatic carbocycles. The summed E-state index contributed by atoms with van der Waals surface area (Å²) in [4.78, 5) is 11.5. The van der Waals surface area contributed by atoms with Crippen molar-refractivity contribution in [2.45, 2.75) is 46.1 Å². The standard InChI is InChI=1S/C23H30N4S/c1-17-14-28-21-20(17)25-16-26-22(21)27-11-9-19(10-12-27)24-15-23(2,3)13-18-7-5-4-6-8-18/h4-8,14,16,19,24H,9-13,15H2,1-3H3. The Morgan fingerprint density at radius 2 is 1.89 bits per heavy atom. The van der Waals surface area contributed by atoms with E-state index in [0.717, 1.165) is 50.2 Å². The van der Waals surface area contributed by atoms with Gasteiger partial charge in [-0.3, -0.25) is 0 Å². The number of benzene rings is 1. The topological polar surface area (TPSA) is 41.0 Å². The third-order valence-electron chi connectivity index (χ3n) is 5.70. The van der Waals surface area contributed by atoms with Gasteiger partial charge in [-0.05, 0) is 48.1 Å². The van der Waals surface area contributed by atoms with E-state index in [4.69, 9.17) is 0 Å². The monoisotopic (exact) mass is 394 g/mol. The predicted octanol–water partition coefficient (Wildman–Crippen LogP) is 4.83. The van der Waals surface area contributed by atoms with Crippen molar-refractivity contribution in [2.75, 3.05) is 24.5 Å². The molecule has 148 valence electrons. The van der Waals surface area contributed by atoms with Gasteiger partial charge in [0.25, 0.3) is 0 Å². The normalized spacial score (nSPS) is 16.0. The zero-order valence-electron chi connectivity index (χ0n) is 17.1. The summed E-state index contributed by atoms with van der Waals surface area (Å²) >= 11 is 1.77. The number of hydrogen-bond acceptors (Lipinski definition) is 5. The molecule has 1 aliphatic heterocycles. The maximum atomic E-state index is 4.61. The first-order valence-corrected chi connectivity index (χ1v) is 11.1. The number of thiophene rings is 1. The molecule has 0 saturated carbocycles. The molecule has 1 fully saturated rings. The molecule has 1 N–H and O–H groups in total. The molecule has 28 heavy (non-hydrogen) atoms. The van der Waals surface area contributed by atoms with Crippen LogP contribution in [0.5, 0.6) is 0 Å². The summed E-state index contributed by atoms with van der Waals surface area (Å²) in [5.41, 5.74) is 4.04. The molecule has 0 unspecified atom stereocenters. The summed E-state index contributed by atoms with van der Waals surface area (Å²) in [5.74, 6) is 1.12. The highest BCUT2D eigenvalue weighted by Gasteiger charge is 2.25. The number of hydrogen-bond donors (Lipinski definition) is 1. The number of nitrogens with one attached hydrogen (secondary N) is 1. The van der Waals surface area contributed by atoms with E-state index in [2.05, 4.69) is 76.7 Å². The van der Waals surface area contributed by atoms with Crippen LogP contribution < -0.4 is 10.2 Å². The molecule has 0 atom stereocenters. The first-order chi connectivity index (χ1) is 13.5. The van der Waals surface area contributed by atoms with Crippen molar-refractivity contribution in [3.8, 4) is 0 Å². The minimum Gasteiger partial charge on any atom is -0.355 e. The number of piperidine rings is 1. The molecule has 0 amide bonds. The lowest BCUT2D eigenvalue weighted by molar-refractivity contribution is 0.298. The predicted molar refractivity (Wildman–Crippen MR) is 119 cm³/mol. The molecule has 3 heterocycles. The summed E-state index contributed by atoms with van der Waals surface area (Å²) in [7, 11) is 0. The largest absolute Gasteiger partial charge is 0.355 e. The Kier molecular flexibility index (Phi) is 5.65. The van der Waals surface area contributed by atoms with Crippen LogP contribution in [0.15, 0.2) is 42.0 Å². The molecule has 0 bridgehead atoms. The van der Waals surface area contributed by atoms with Gasteiger partial charge in [0.15, 0.2) is 0 Å². The second kappa shape index (κ2) is 8.18. The fraction of sp³-hybridized carbons (Fsp3) is 0.478. The third kappa shape index (κ3) is 4.36. The molecule has 5 heteroatoms. The Hall–Kier alpha value is -1.98. The van der Waals surface area contributed by atoms with Crippen molar-refractivity contribution >= 4 is 27.4 Å². The molecule has 4 nitrogen and oxygen atoms in total. The van der Waals surface area contributed by atoms with Crippen LogP contribution in [0.2, 0.25) is 0 Å². The minimum absolute atomic E-state index is 0.256. The smallest absolute Gasteiger partial charge is 0.150 e. The maximum absolute atomic E-state index is 4.61. The maximum Gasteiger partial charge on any atom is 0.150 e. The van der Waals surface area contributed by atoms with Crippen LogP contribution in [0.25, 0.3) is 10.2 Å². The molecular formula is C23H30N4S. The van der Waals surface area contributed by atoms with Crippen LogP contribution in [-0.4, -0.2) is 35.6 Å². The van der Waals surface area contributed by atoms with E-state index in [1.54, 1.807) is 17.7 Å². The number of fused-ring (bicyclic) bond motifs is 1. The fourth-order valence-corrected chi connectivity index (χ4v) is 5.13. The van der Waals surface area contributed by atoms with Gasteiger partial charge in [0.2, 0.25) is 0 Å². The zero-order valence-corrected chi connectivity index (χ0v) is 17.9. The second-order valence-electron chi connectivity index (χ2n) is 8.76. The quantitative estimate of drug-likeness (QED) is 0.650. The van der Waals surface area contributed by atoms with Gasteiger partial charge < -0.3 is 10.2 Å². The van der Waals surface area contributed by atoms with E-state index in [1.165, 1.54) is 15.8 Å². The number of nitrogens with zero attached hydrogens (tertiary/aromatic N) is 3. The Balaban J connectivity index is 1.32. The lowest BCUT2D eigenvalue weighted by Gasteiger charge is -2.35. The number of aromatic nitrogens is 2. The highest BCUT2D eigenvalue weighted by atomic mass is 32.1. The molecule has 1 aromatic carbocycles. The highest BCUT2D eigenvalue weighted by molar-refractivity contribution is 7.18. The summed E-state index contributed by atoms with van der Waals surface area (Å²) < 4.78 is 1.23. The fourth-order valence-electron chi connectivity index (χ4n) is 4.11. The average molecular weight is 395 g/mol. The van der Waals surface area contributed by atoms with E-state index < -0.39 is 0 Å². The van der Waals surface area contributed by atoms with Gasteiger partial charge in [-0.15, -0.1) is 11.3 Å². The lowest BCUT2D eigenvalue weighted by atomic mass is 9.85. The van der Waals surface area contributed by atoms with Gasteiger partial charge in [0.1, 0.15) is 12.1 Å². The molecule has 0 spiro atoms. The third-order valence-corrected chi connectivity index (χ3v) is 6.78. The Labute approximate surface area is 172 Å². The Morgan fingerprint density at radius 3 is 2.64 bits per heavy atom. The number of anilines is 1. The van der Waals surface area contributed by atoms with Crippen LogP contribution in [0, 0.1) is 12.3 Å². The first kappa shape index (κ1) is 19.3. The summed E-state index contributed by atoms with van der Waals surface area (Å²) in [6, 6.07) is 11.4. The van der Waals surface area contributed by atoms with E-state index in [9.17, 15) is 0 Å². The van der Waals surface area contributed by atoms with Gasteiger partial charge in [-0.25, -0.2) is 9.97 Å². The number of rotatable bonds is 6. The molecule has 3 aromatic rings. The van der Waals surface area contributed by atoms with Gasteiger partial charge in [0, 0.05) is 25.7 Å². The summed E-state index contributed by atoms with van der Waals surface area (Å²) in [6.45, 7) is 10.0. The SMILES string of the molecule is Cc1csc2c(N3CCC(NCC(C)(C)Cc4ccccc4)CC3)ncnc12. The van der Waals surface area contributed by atoms with Crippen LogP contribution in [0.3, 0.4) is 0 Å². The molecule has 4 rings (SSSR count). The van der Waals surface area contributed by atoms with Crippen LogP contribution in [0.4, 0.5) is 5.82 Å². The number of aryl methyl sites for hydroxylation is 1. The van der Waals surface area contributed by atoms with Crippen molar-refractivity contribution in [3.63, 3.8) is 0 Å². The van der Waals surface area contributed by atoms with Crippen LogP contribution in [0.1, 0.15) is 37.8 Å². The first-order valence-electron chi connectivity index (χ1n) is 10.2. The molecule has 2 aromatic heterocycles. The molecule has 1 saturated heterocycles. The van der Waals surface area contributed by atoms with Crippen molar-refractivity contribution in [1.82, 2.24) is 15.3 Å². The van der Waals surface area contributed by atoms with Gasteiger partial charge in [-0.1, -0.05) is 44.2 Å². The van der Waals surface area contributed by atoms with E-state index in [-0.39, 0.29) is 5.41 Å². The summed E-state index contributed by atoms with van der Waals surface area (Å²) in [6.07, 6.45) is 5.15. The Morgan fingerprint density at radius 1 is 1.14 bits per heavy atom. The van der Waals surface area contributed by atoms with Gasteiger partial charge >= 0.3 is 0 Å². The van der Waals surface area contributed by atoms with E-state index >= 15 is 0 Å².